The largest absolute Gasteiger partial charge is 0.457 e. The quantitative estimate of drug-likeness (QED) is 0.684. The third-order valence-corrected chi connectivity index (χ3v) is 3.88. The number of ether oxygens (including phenoxy) is 1. The van der Waals surface area contributed by atoms with Crippen LogP contribution in [-0.2, 0) is 0 Å². The number of halogens is 1. The Morgan fingerprint density at radius 1 is 0.920 bits per heavy atom. The third kappa shape index (κ3) is 4.37. The summed E-state index contributed by atoms with van der Waals surface area (Å²) in [6.07, 6.45) is 0. The van der Waals surface area contributed by atoms with E-state index in [0.717, 1.165) is 5.69 Å². The number of carbonyl (C=O) groups is 1. The highest BCUT2D eigenvalue weighted by atomic mass is 35.5. The summed E-state index contributed by atoms with van der Waals surface area (Å²) in [6, 6.07) is 17.9. The first kappa shape index (κ1) is 17.0. The molecule has 1 N–H and O–H groups in total. The standard InChI is InChI=1S/C20H17ClN2O2/c1-13-3-12-19(14(2)22-13)20(24)23-16-6-10-18(11-7-16)25-17-8-4-15(21)5-9-17/h3-12H,1-2H3,(H,23,24). The number of aromatic nitrogens is 1. The Labute approximate surface area is 151 Å². The molecule has 0 aliphatic heterocycles. The maximum Gasteiger partial charge on any atom is 0.257 e. The van der Waals surface area contributed by atoms with Crippen molar-refractivity contribution in [1.29, 1.82) is 0 Å². The summed E-state index contributed by atoms with van der Waals surface area (Å²) >= 11 is 5.85. The molecule has 0 aliphatic rings. The van der Waals surface area contributed by atoms with Crippen LogP contribution in [0.1, 0.15) is 21.7 Å². The summed E-state index contributed by atoms with van der Waals surface area (Å²) < 4.78 is 5.73. The van der Waals surface area contributed by atoms with Crippen molar-refractivity contribution in [2.45, 2.75) is 13.8 Å². The Morgan fingerprint density at radius 2 is 1.52 bits per heavy atom. The number of benzene rings is 2. The fourth-order valence-electron chi connectivity index (χ4n) is 2.37. The molecule has 126 valence electrons. The molecule has 2 aromatic carbocycles. The number of nitrogens with one attached hydrogen (secondary N) is 1. The van der Waals surface area contributed by atoms with Crippen molar-refractivity contribution >= 4 is 23.2 Å². The van der Waals surface area contributed by atoms with Crippen LogP contribution >= 0.6 is 11.6 Å². The maximum absolute atomic E-state index is 12.4. The second-order valence-corrected chi connectivity index (χ2v) is 6.06. The lowest BCUT2D eigenvalue weighted by Gasteiger charge is -2.09. The van der Waals surface area contributed by atoms with Gasteiger partial charge in [0.15, 0.2) is 0 Å². The van der Waals surface area contributed by atoms with E-state index in [4.69, 9.17) is 16.3 Å². The van der Waals surface area contributed by atoms with Gasteiger partial charge in [0.05, 0.1) is 11.3 Å². The molecule has 3 aromatic rings. The van der Waals surface area contributed by atoms with Gasteiger partial charge in [0, 0.05) is 16.4 Å². The SMILES string of the molecule is Cc1ccc(C(=O)Nc2ccc(Oc3ccc(Cl)cc3)cc2)c(C)n1. The monoisotopic (exact) mass is 352 g/mol. The van der Waals surface area contributed by atoms with E-state index in [0.29, 0.717) is 33.5 Å². The molecule has 0 saturated heterocycles. The summed E-state index contributed by atoms with van der Waals surface area (Å²) in [7, 11) is 0. The number of nitrogens with zero attached hydrogens (tertiary/aromatic N) is 1. The van der Waals surface area contributed by atoms with Gasteiger partial charge in [-0.05, 0) is 74.5 Å². The summed E-state index contributed by atoms with van der Waals surface area (Å²) in [5.41, 5.74) is 2.85. The molecule has 0 atom stereocenters. The predicted molar refractivity (Wildman–Crippen MR) is 99.6 cm³/mol. The molecule has 0 fully saturated rings. The fraction of sp³-hybridized carbons (Fsp3) is 0.100. The van der Waals surface area contributed by atoms with Crippen LogP contribution in [0.15, 0.2) is 60.7 Å². The fourth-order valence-corrected chi connectivity index (χ4v) is 2.50. The number of rotatable bonds is 4. The molecule has 0 spiro atoms. The highest BCUT2D eigenvalue weighted by Gasteiger charge is 2.10. The van der Waals surface area contributed by atoms with Crippen molar-refractivity contribution in [2.24, 2.45) is 0 Å². The Balaban J connectivity index is 1.67. The molecule has 4 nitrogen and oxygen atoms in total. The zero-order valence-electron chi connectivity index (χ0n) is 13.9. The van der Waals surface area contributed by atoms with E-state index < -0.39 is 0 Å². The van der Waals surface area contributed by atoms with Crippen LogP contribution in [0.5, 0.6) is 11.5 Å². The molecular formula is C20H17ClN2O2. The number of carbonyl (C=O) groups excluding carboxylic acids is 1. The molecule has 0 aliphatic carbocycles. The molecule has 1 heterocycles. The number of hydrogen-bond acceptors (Lipinski definition) is 3. The first-order valence-corrected chi connectivity index (χ1v) is 8.18. The molecule has 0 bridgehead atoms. The zero-order valence-corrected chi connectivity index (χ0v) is 14.7. The molecule has 0 radical (unpaired) electrons. The molecule has 0 saturated carbocycles. The predicted octanol–water partition coefficient (Wildman–Crippen LogP) is 5.40. The van der Waals surface area contributed by atoms with E-state index >= 15 is 0 Å². The van der Waals surface area contributed by atoms with Crippen molar-refractivity contribution in [2.75, 3.05) is 5.32 Å². The molecular weight excluding hydrogens is 336 g/mol. The van der Waals surface area contributed by atoms with Crippen LogP contribution < -0.4 is 10.1 Å². The van der Waals surface area contributed by atoms with Gasteiger partial charge >= 0.3 is 0 Å². The van der Waals surface area contributed by atoms with Crippen LogP contribution in [0.4, 0.5) is 5.69 Å². The van der Waals surface area contributed by atoms with Crippen LogP contribution in [0, 0.1) is 13.8 Å². The van der Waals surface area contributed by atoms with Gasteiger partial charge in [0.1, 0.15) is 11.5 Å². The highest BCUT2D eigenvalue weighted by Crippen LogP contribution is 2.24. The third-order valence-electron chi connectivity index (χ3n) is 3.63. The summed E-state index contributed by atoms with van der Waals surface area (Å²) in [5, 5.41) is 3.52. The van der Waals surface area contributed by atoms with Crippen molar-refractivity contribution in [1.82, 2.24) is 4.98 Å². The molecule has 1 aromatic heterocycles. The lowest BCUT2D eigenvalue weighted by atomic mass is 10.1. The molecule has 1 amide bonds. The summed E-state index contributed by atoms with van der Waals surface area (Å²) in [4.78, 5) is 16.7. The minimum Gasteiger partial charge on any atom is -0.457 e. The number of pyridine rings is 1. The van der Waals surface area contributed by atoms with E-state index in [1.54, 1.807) is 54.6 Å². The van der Waals surface area contributed by atoms with Gasteiger partial charge < -0.3 is 10.1 Å². The summed E-state index contributed by atoms with van der Waals surface area (Å²) in [6.45, 7) is 3.72. The molecule has 0 unspecified atom stereocenters. The minimum atomic E-state index is -0.184. The van der Waals surface area contributed by atoms with Gasteiger partial charge in [-0.2, -0.15) is 0 Å². The molecule has 3 rings (SSSR count). The maximum atomic E-state index is 12.4. The molecule has 5 heteroatoms. The second kappa shape index (κ2) is 7.36. The van der Waals surface area contributed by atoms with Gasteiger partial charge in [0.2, 0.25) is 0 Å². The number of anilines is 1. The van der Waals surface area contributed by atoms with Crippen molar-refractivity contribution in [3.63, 3.8) is 0 Å². The highest BCUT2D eigenvalue weighted by molar-refractivity contribution is 6.30. The lowest BCUT2D eigenvalue weighted by molar-refractivity contribution is 0.102. The van der Waals surface area contributed by atoms with Crippen LogP contribution in [-0.4, -0.2) is 10.9 Å². The van der Waals surface area contributed by atoms with Gasteiger partial charge in [-0.25, -0.2) is 0 Å². The van der Waals surface area contributed by atoms with E-state index in [1.165, 1.54) is 0 Å². The zero-order chi connectivity index (χ0) is 17.8. The first-order chi connectivity index (χ1) is 12.0. The average molecular weight is 353 g/mol. The van der Waals surface area contributed by atoms with Gasteiger partial charge in [-0.3, -0.25) is 9.78 Å². The van der Waals surface area contributed by atoms with Crippen LogP contribution in [0.2, 0.25) is 5.02 Å². The van der Waals surface area contributed by atoms with E-state index in [-0.39, 0.29) is 5.91 Å². The summed E-state index contributed by atoms with van der Waals surface area (Å²) in [5.74, 6) is 1.19. The second-order valence-electron chi connectivity index (χ2n) is 5.62. The number of hydrogen-bond donors (Lipinski definition) is 1. The number of aryl methyl sites for hydroxylation is 2. The van der Waals surface area contributed by atoms with Gasteiger partial charge in [-0.15, -0.1) is 0 Å². The van der Waals surface area contributed by atoms with Gasteiger partial charge in [-0.1, -0.05) is 11.6 Å². The molecule has 25 heavy (non-hydrogen) atoms. The minimum absolute atomic E-state index is 0.184. The van der Waals surface area contributed by atoms with Crippen molar-refractivity contribution in [3.05, 3.63) is 82.6 Å². The number of amides is 1. The topological polar surface area (TPSA) is 51.2 Å². The van der Waals surface area contributed by atoms with Crippen LogP contribution in [0.25, 0.3) is 0 Å². The average Bonchev–Trinajstić information content (AvgIpc) is 2.58. The normalized spacial score (nSPS) is 10.4. The van der Waals surface area contributed by atoms with E-state index in [9.17, 15) is 4.79 Å². The van der Waals surface area contributed by atoms with Crippen molar-refractivity contribution < 1.29 is 9.53 Å². The lowest BCUT2D eigenvalue weighted by Crippen LogP contribution is -2.14. The first-order valence-electron chi connectivity index (χ1n) is 7.80. The van der Waals surface area contributed by atoms with Crippen LogP contribution in [0.3, 0.4) is 0 Å². The Kier molecular flexibility index (Phi) is 5.00. The van der Waals surface area contributed by atoms with E-state index in [2.05, 4.69) is 10.3 Å². The van der Waals surface area contributed by atoms with Gasteiger partial charge in [0.25, 0.3) is 5.91 Å². The van der Waals surface area contributed by atoms with E-state index in [1.807, 2.05) is 19.9 Å². The Hall–Kier alpha value is -2.85. The smallest absolute Gasteiger partial charge is 0.257 e. The Bertz CT molecular complexity index is 891. The Morgan fingerprint density at radius 3 is 2.12 bits per heavy atom. The van der Waals surface area contributed by atoms with Crippen molar-refractivity contribution in [3.8, 4) is 11.5 Å².